The van der Waals surface area contributed by atoms with E-state index in [-0.39, 0.29) is 13.2 Å². The van der Waals surface area contributed by atoms with Gasteiger partial charge in [-0.2, -0.15) is 0 Å². The van der Waals surface area contributed by atoms with Crippen molar-refractivity contribution >= 4 is 5.69 Å². The van der Waals surface area contributed by atoms with Gasteiger partial charge in [0.05, 0.1) is 18.3 Å². The Morgan fingerprint density at radius 2 is 2.18 bits per heavy atom. The molecule has 90 valence electrons. The number of rotatable bonds is 5. The summed E-state index contributed by atoms with van der Waals surface area (Å²) in [4.78, 5) is 0. The maximum atomic E-state index is 9.28. The van der Waals surface area contributed by atoms with Crippen LogP contribution in [-0.2, 0) is 0 Å². The van der Waals surface area contributed by atoms with Gasteiger partial charge in [0.15, 0.2) is 0 Å². The third kappa shape index (κ3) is 2.80. The smallest absolute Gasteiger partial charge is 0.249 e. The second kappa shape index (κ2) is 5.42. The zero-order chi connectivity index (χ0) is 12.1. The van der Waals surface area contributed by atoms with Crippen LogP contribution in [0.3, 0.4) is 0 Å². The molecule has 0 bridgehead atoms. The number of para-hydroxylation sites is 1. The molecular weight excluding hydrogens is 222 g/mol. The van der Waals surface area contributed by atoms with Crippen molar-refractivity contribution < 1.29 is 14.6 Å². The molecule has 0 saturated heterocycles. The van der Waals surface area contributed by atoms with Gasteiger partial charge in [-0.05, 0) is 12.1 Å². The van der Waals surface area contributed by atoms with Gasteiger partial charge in [0.1, 0.15) is 0 Å². The van der Waals surface area contributed by atoms with Gasteiger partial charge in [-0.1, -0.05) is 12.1 Å². The molecule has 0 fully saturated rings. The Balaban J connectivity index is 2.17. The summed E-state index contributed by atoms with van der Waals surface area (Å²) in [5.41, 5.74) is 1.53. The van der Waals surface area contributed by atoms with Gasteiger partial charge >= 0.3 is 0 Å². The van der Waals surface area contributed by atoms with Crippen molar-refractivity contribution in [2.75, 3.05) is 18.5 Å². The Kier molecular flexibility index (Phi) is 3.69. The molecule has 1 aromatic heterocycles. The summed E-state index contributed by atoms with van der Waals surface area (Å²) in [5.74, 6) is 0.409. The third-order valence-electron chi connectivity index (χ3n) is 2.26. The van der Waals surface area contributed by atoms with Crippen LogP contribution in [0.5, 0.6) is 0 Å². The molecule has 0 aliphatic heterocycles. The molecule has 0 aliphatic carbocycles. The van der Waals surface area contributed by atoms with E-state index in [1.807, 2.05) is 24.3 Å². The first kappa shape index (κ1) is 11.6. The van der Waals surface area contributed by atoms with E-state index >= 15 is 0 Å². The molecule has 1 atom stereocenters. The fraction of sp³-hybridized carbons (Fsp3) is 0.273. The van der Waals surface area contributed by atoms with Gasteiger partial charge in [-0.15, -0.1) is 10.2 Å². The standard InChI is InChI=1S/C11H13N3O3/c15-6-8(16)5-12-10-4-2-1-3-9(10)11-14-13-7-17-11/h1-4,7-8,12,15-16H,5-6H2. The quantitative estimate of drug-likeness (QED) is 0.699. The van der Waals surface area contributed by atoms with Gasteiger partial charge in [0, 0.05) is 12.2 Å². The highest BCUT2D eigenvalue weighted by molar-refractivity contribution is 5.72. The molecule has 0 amide bonds. The fourth-order valence-electron chi connectivity index (χ4n) is 1.41. The molecule has 2 aromatic rings. The number of hydrogen-bond acceptors (Lipinski definition) is 6. The van der Waals surface area contributed by atoms with Crippen LogP contribution in [0.1, 0.15) is 0 Å². The summed E-state index contributed by atoms with van der Waals surface area (Å²) < 4.78 is 5.12. The van der Waals surface area contributed by atoms with Crippen LogP contribution in [0, 0.1) is 0 Å². The highest BCUT2D eigenvalue weighted by Crippen LogP contribution is 2.25. The molecule has 1 aromatic carbocycles. The van der Waals surface area contributed by atoms with Gasteiger partial charge in [0.2, 0.25) is 12.3 Å². The molecule has 0 spiro atoms. The van der Waals surface area contributed by atoms with E-state index in [0.717, 1.165) is 11.3 Å². The average molecular weight is 235 g/mol. The Hall–Kier alpha value is -1.92. The molecule has 1 unspecified atom stereocenters. The lowest BCUT2D eigenvalue weighted by molar-refractivity contribution is 0.105. The number of hydrogen-bond donors (Lipinski definition) is 3. The molecule has 3 N–H and O–H groups in total. The fourth-order valence-corrected chi connectivity index (χ4v) is 1.41. The third-order valence-corrected chi connectivity index (χ3v) is 2.26. The number of aromatic nitrogens is 2. The number of nitrogens with zero attached hydrogens (tertiary/aromatic N) is 2. The second-order valence-corrected chi connectivity index (χ2v) is 3.51. The van der Waals surface area contributed by atoms with Crippen LogP contribution in [0.2, 0.25) is 0 Å². The number of aliphatic hydroxyl groups excluding tert-OH is 2. The first-order chi connectivity index (χ1) is 8.31. The number of anilines is 1. The van der Waals surface area contributed by atoms with E-state index in [2.05, 4.69) is 15.5 Å². The van der Waals surface area contributed by atoms with E-state index in [1.165, 1.54) is 6.39 Å². The van der Waals surface area contributed by atoms with Crippen molar-refractivity contribution in [1.82, 2.24) is 10.2 Å². The number of nitrogens with one attached hydrogen (secondary N) is 1. The zero-order valence-electron chi connectivity index (χ0n) is 9.08. The Morgan fingerprint density at radius 3 is 2.88 bits per heavy atom. The SMILES string of the molecule is OCC(O)CNc1ccccc1-c1nnco1. The molecule has 2 rings (SSSR count). The van der Waals surface area contributed by atoms with Crippen LogP contribution in [0.15, 0.2) is 35.1 Å². The van der Waals surface area contributed by atoms with Crippen molar-refractivity contribution in [3.63, 3.8) is 0 Å². The van der Waals surface area contributed by atoms with Gasteiger partial charge in [0.25, 0.3) is 0 Å². The van der Waals surface area contributed by atoms with Crippen molar-refractivity contribution in [2.24, 2.45) is 0 Å². The zero-order valence-corrected chi connectivity index (χ0v) is 9.08. The monoisotopic (exact) mass is 235 g/mol. The molecule has 6 nitrogen and oxygen atoms in total. The minimum atomic E-state index is -0.800. The largest absolute Gasteiger partial charge is 0.423 e. The maximum Gasteiger partial charge on any atom is 0.249 e. The van der Waals surface area contributed by atoms with E-state index in [1.54, 1.807) is 0 Å². The van der Waals surface area contributed by atoms with Crippen LogP contribution >= 0.6 is 0 Å². The van der Waals surface area contributed by atoms with Crippen molar-refractivity contribution in [2.45, 2.75) is 6.10 Å². The first-order valence-corrected chi connectivity index (χ1v) is 5.19. The van der Waals surface area contributed by atoms with E-state index < -0.39 is 6.10 Å². The highest BCUT2D eigenvalue weighted by Gasteiger charge is 2.10. The van der Waals surface area contributed by atoms with Gasteiger partial charge in [-0.3, -0.25) is 0 Å². The predicted molar refractivity (Wildman–Crippen MR) is 61.3 cm³/mol. The second-order valence-electron chi connectivity index (χ2n) is 3.51. The molecule has 0 radical (unpaired) electrons. The summed E-state index contributed by atoms with van der Waals surface area (Å²) >= 11 is 0. The van der Waals surface area contributed by atoms with Crippen LogP contribution < -0.4 is 5.32 Å². The lowest BCUT2D eigenvalue weighted by Gasteiger charge is -2.12. The highest BCUT2D eigenvalue weighted by atomic mass is 16.4. The van der Waals surface area contributed by atoms with Gasteiger partial charge in [-0.25, -0.2) is 0 Å². The predicted octanol–water partition coefficient (Wildman–Crippen LogP) is 0.502. The van der Waals surface area contributed by atoms with Crippen LogP contribution in [-0.4, -0.2) is 39.7 Å². The van der Waals surface area contributed by atoms with E-state index in [9.17, 15) is 5.11 Å². The molecule has 17 heavy (non-hydrogen) atoms. The minimum Gasteiger partial charge on any atom is -0.423 e. The molecule has 0 saturated carbocycles. The van der Waals surface area contributed by atoms with Crippen LogP contribution in [0.25, 0.3) is 11.5 Å². The minimum absolute atomic E-state index is 0.252. The lowest BCUT2D eigenvalue weighted by Crippen LogP contribution is -2.23. The lowest BCUT2D eigenvalue weighted by atomic mass is 10.1. The summed E-state index contributed by atoms with van der Waals surface area (Å²) in [6, 6.07) is 7.38. The first-order valence-electron chi connectivity index (χ1n) is 5.19. The Bertz CT molecular complexity index is 459. The van der Waals surface area contributed by atoms with E-state index in [4.69, 9.17) is 9.52 Å². The van der Waals surface area contributed by atoms with Crippen LogP contribution in [0.4, 0.5) is 5.69 Å². The number of aliphatic hydroxyl groups is 2. The average Bonchev–Trinajstić information content (AvgIpc) is 2.90. The van der Waals surface area contributed by atoms with Crippen molar-refractivity contribution in [3.05, 3.63) is 30.7 Å². The van der Waals surface area contributed by atoms with Crippen molar-refractivity contribution in [1.29, 1.82) is 0 Å². The summed E-state index contributed by atoms with van der Waals surface area (Å²) in [5, 5.41) is 28.5. The molecule has 1 heterocycles. The summed E-state index contributed by atoms with van der Waals surface area (Å²) in [6.07, 6.45) is 0.458. The van der Waals surface area contributed by atoms with Gasteiger partial charge < -0.3 is 19.9 Å². The maximum absolute atomic E-state index is 9.28. The van der Waals surface area contributed by atoms with E-state index in [0.29, 0.717) is 5.89 Å². The molecule has 6 heteroatoms. The topological polar surface area (TPSA) is 91.4 Å². The Morgan fingerprint density at radius 1 is 1.35 bits per heavy atom. The Labute approximate surface area is 97.9 Å². The summed E-state index contributed by atoms with van der Waals surface area (Å²) in [7, 11) is 0. The molecular formula is C11H13N3O3. The molecule has 0 aliphatic rings. The summed E-state index contributed by atoms with van der Waals surface area (Å²) in [6.45, 7) is -0.0304. The normalized spacial score (nSPS) is 12.4. The number of benzene rings is 1. The van der Waals surface area contributed by atoms with Crippen molar-refractivity contribution in [3.8, 4) is 11.5 Å².